The molecule has 14 heteroatoms. The number of anilines is 3. The molecule has 2 aliphatic rings. The molecule has 1 atom stereocenters. The van der Waals surface area contributed by atoms with Gasteiger partial charge >= 0.3 is 0 Å². The third-order valence-electron chi connectivity index (χ3n) is 8.70. The highest BCUT2D eigenvalue weighted by molar-refractivity contribution is 5.98. The van der Waals surface area contributed by atoms with Crippen LogP contribution >= 0.6 is 0 Å². The van der Waals surface area contributed by atoms with Crippen LogP contribution in [0.15, 0.2) is 42.9 Å². The molecular formula is C31H38FN11O2. The van der Waals surface area contributed by atoms with Gasteiger partial charge in [0.2, 0.25) is 17.8 Å². The van der Waals surface area contributed by atoms with Crippen molar-refractivity contribution >= 4 is 29.4 Å². The van der Waals surface area contributed by atoms with Gasteiger partial charge in [0.25, 0.3) is 0 Å². The predicted octanol–water partition coefficient (Wildman–Crippen LogP) is 3.85. The summed E-state index contributed by atoms with van der Waals surface area (Å²) in [6, 6.07) is 6.95. The van der Waals surface area contributed by atoms with Gasteiger partial charge < -0.3 is 20.0 Å². The highest BCUT2D eigenvalue weighted by atomic mass is 19.1. The molecule has 6 heterocycles. The molecule has 13 nitrogen and oxygen atoms in total. The van der Waals surface area contributed by atoms with E-state index in [1.54, 1.807) is 17.2 Å². The van der Waals surface area contributed by atoms with Crippen LogP contribution in [-0.2, 0) is 9.59 Å². The van der Waals surface area contributed by atoms with Crippen molar-refractivity contribution in [3.8, 4) is 5.82 Å². The standard InChI is InChI=1S/C31H38FN11O2/c1-5-6-11-42-28(44)19-41(22(4)23-7-8-27(33-16-23)43-18-24(32)17-34-43)29(45)31(42)9-12-40(13-10-31)30-35-20(2)14-25(37-30)36-26-15-21(3)38-39-26/h7-8,14-18,22H,5-6,9-13,19H2,1-4H3,(H2,35,36,37,38,39). The Hall–Kier alpha value is -4.88. The summed E-state index contributed by atoms with van der Waals surface area (Å²) >= 11 is 0. The van der Waals surface area contributed by atoms with Crippen LogP contribution in [0.2, 0.25) is 0 Å². The van der Waals surface area contributed by atoms with Gasteiger partial charge in [-0.2, -0.15) is 15.2 Å². The second kappa shape index (κ2) is 12.3. The number of carbonyl (C=O) groups excluding carboxylic acids is 2. The van der Waals surface area contributed by atoms with Crippen LogP contribution in [-0.4, -0.2) is 88.3 Å². The van der Waals surface area contributed by atoms with E-state index >= 15 is 0 Å². The summed E-state index contributed by atoms with van der Waals surface area (Å²) in [5.74, 6) is 1.78. The maximum Gasteiger partial charge on any atom is 0.249 e. The highest BCUT2D eigenvalue weighted by Gasteiger charge is 2.54. The van der Waals surface area contributed by atoms with Crippen LogP contribution in [0.3, 0.4) is 0 Å². The zero-order valence-electron chi connectivity index (χ0n) is 26.0. The fourth-order valence-corrected chi connectivity index (χ4v) is 6.21. The van der Waals surface area contributed by atoms with Crippen molar-refractivity contribution in [3.63, 3.8) is 0 Å². The van der Waals surface area contributed by atoms with Crippen molar-refractivity contribution in [2.45, 2.75) is 65.0 Å². The Morgan fingerprint density at radius 1 is 1.09 bits per heavy atom. The highest BCUT2D eigenvalue weighted by Crippen LogP contribution is 2.38. The Balaban J connectivity index is 1.22. The molecule has 0 aliphatic carbocycles. The first-order chi connectivity index (χ1) is 21.7. The van der Waals surface area contributed by atoms with E-state index in [1.165, 1.54) is 10.9 Å². The smallest absolute Gasteiger partial charge is 0.249 e. The van der Waals surface area contributed by atoms with Crippen LogP contribution < -0.4 is 10.2 Å². The first-order valence-corrected chi connectivity index (χ1v) is 15.3. The maximum absolute atomic E-state index is 14.5. The van der Waals surface area contributed by atoms with Crippen LogP contribution in [0, 0.1) is 19.7 Å². The average Bonchev–Trinajstić information content (AvgIpc) is 3.66. The van der Waals surface area contributed by atoms with Gasteiger partial charge in [0, 0.05) is 49.4 Å². The molecular weight excluding hydrogens is 577 g/mol. The van der Waals surface area contributed by atoms with Gasteiger partial charge in [0.05, 0.1) is 18.4 Å². The van der Waals surface area contributed by atoms with Gasteiger partial charge in [-0.1, -0.05) is 19.4 Å². The zero-order chi connectivity index (χ0) is 31.7. The number of hydrogen-bond donors (Lipinski definition) is 2. The number of piperazine rings is 1. The number of nitrogens with zero attached hydrogens (tertiary/aromatic N) is 9. The number of aromatic nitrogens is 7. The number of aromatic amines is 1. The number of rotatable bonds is 9. The van der Waals surface area contributed by atoms with Gasteiger partial charge in [0.1, 0.15) is 17.9 Å². The largest absolute Gasteiger partial charge is 0.341 e. The Bertz CT molecular complexity index is 1680. The summed E-state index contributed by atoms with van der Waals surface area (Å²) in [5.41, 5.74) is 1.57. The first-order valence-electron chi connectivity index (χ1n) is 15.3. The maximum atomic E-state index is 14.5. The van der Waals surface area contributed by atoms with Crippen molar-refractivity contribution in [1.29, 1.82) is 0 Å². The summed E-state index contributed by atoms with van der Waals surface area (Å²) in [7, 11) is 0. The topological polar surface area (TPSA) is 141 Å². The van der Waals surface area contributed by atoms with Crippen LogP contribution in [0.5, 0.6) is 0 Å². The van der Waals surface area contributed by atoms with Crippen molar-refractivity contribution in [2.24, 2.45) is 0 Å². The van der Waals surface area contributed by atoms with Crippen LogP contribution in [0.4, 0.5) is 22.0 Å². The van der Waals surface area contributed by atoms with Crippen molar-refractivity contribution < 1.29 is 14.0 Å². The van der Waals surface area contributed by atoms with E-state index in [1.807, 2.05) is 43.9 Å². The molecule has 0 saturated carbocycles. The summed E-state index contributed by atoms with van der Waals surface area (Å²) in [6.07, 6.45) is 6.69. The van der Waals surface area contributed by atoms with E-state index in [2.05, 4.69) is 37.4 Å². The van der Waals surface area contributed by atoms with Gasteiger partial charge in [0.15, 0.2) is 17.5 Å². The summed E-state index contributed by atoms with van der Waals surface area (Å²) < 4.78 is 14.8. The van der Waals surface area contributed by atoms with Crippen molar-refractivity contribution in [3.05, 3.63) is 65.6 Å². The molecule has 0 aromatic carbocycles. The monoisotopic (exact) mass is 615 g/mol. The number of nitrogens with one attached hydrogen (secondary N) is 2. The Morgan fingerprint density at radius 2 is 1.89 bits per heavy atom. The van der Waals surface area contributed by atoms with E-state index in [0.717, 1.165) is 36.0 Å². The van der Waals surface area contributed by atoms with Gasteiger partial charge in [-0.05, 0) is 51.7 Å². The lowest BCUT2D eigenvalue weighted by atomic mass is 9.81. The molecule has 2 fully saturated rings. The molecule has 0 bridgehead atoms. The molecule has 1 spiro atoms. The summed E-state index contributed by atoms with van der Waals surface area (Å²) in [4.78, 5) is 47.7. The number of amides is 2. The molecule has 236 valence electrons. The molecule has 2 amide bonds. The zero-order valence-corrected chi connectivity index (χ0v) is 26.0. The number of unbranched alkanes of at least 4 members (excludes halogenated alkanes) is 1. The molecule has 2 N–H and O–H groups in total. The fraction of sp³-hybridized carbons (Fsp3) is 0.452. The van der Waals surface area contributed by atoms with Crippen molar-refractivity contribution in [1.82, 2.24) is 44.7 Å². The second-order valence-electron chi connectivity index (χ2n) is 11.8. The molecule has 4 aromatic heterocycles. The normalized spacial score (nSPS) is 17.3. The van der Waals surface area contributed by atoms with Crippen LogP contribution in [0.25, 0.3) is 5.82 Å². The molecule has 2 aliphatic heterocycles. The average molecular weight is 616 g/mol. The minimum atomic E-state index is -0.952. The number of halogens is 1. The van der Waals surface area contributed by atoms with Gasteiger partial charge in [-0.3, -0.25) is 14.7 Å². The van der Waals surface area contributed by atoms with E-state index in [9.17, 15) is 14.0 Å². The molecule has 4 aromatic rings. The van der Waals surface area contributed by atoms with E-state index in [4.69, 9.17) is 9.97 Å². The number of piperidine rings is 1. The Morgan fingerprint density at radius 3 is 2.53 bits per heavy atom. The van der Waals surface area contributed by atoms with E-state index in [-0.39, 0.29) is 24.4 Å². The minimum absolute atomic E-state index is 0.00395. The van der Waals surface area contributed by atoms with Gasteiger partial charge in [-0.15, -0.1) is 0 Å². The lowest BCUT2D eigenvalue weighted by molar-refractivity contribution is -0.169. The fourth-order valence-electron chi connectivity index (χ4n) is 6.21. The summed E-state index contributed by atoms with van der Waals surface area (Å²) in [6.45, 7) is 9.43. The number of H-pyrrole nitrogens is 1. The van der Waals surface area contributed by atoms with E-state index < -0.39 is 11.4 Å². The minimum Gasteiger partial charge on any atom is -0.341 e. The van der Waals surface area contributed by atoms with Gasteiger partial charge in [-0.25, -0.2) is 19.0 Å². The number of carbonyl (C=O) groups is 2. The molecule has 45 heavy (non-hydrogen) atoms. The predicted molar refractivity (Wildman–Crippen MR) is 166 cm³/mol. The summed E-state index contributed by atoms with van der Waals surface area (Å²) in [5, 5.41) is 14.4. The SMILES string of the molecule is CCCCN1C(=O)CN(C(C)c2ccc(-n3cc(F)cn3)nc2)C(=O)C12CCN(c1nc(C)cc(Nc3cc(C)[nH]n3)n1)CC2. The quantitative estimate of drug-likeness (QED) is 0.287. The Labute approximate surface area is 260 Å². The third kappa shape index (κ3) is 5.96. The van der Waals surface area contributed by atoms with Crippen LogP contribution in [0.1, 0.15) is 62.5 Å². The molecule has 6 rings (SSSR count). The Kier molecular flexibility index (Phi) is 8.21. The molecule has 0 radical (unpaired) electrons. The number of aryl methyl sites for hydroxylation is 2. The lowest BCUT2D eigenvalue weighted by Crippen LogP contribution is -2.71. The molecule has 2 saturated heterocycles. The second-order valence-corrected chi connectivity index (χ2v) is 11.8. The van der Waals surface area contributed by atoms with Crippen molar-refractivity contribution in [2.75, 3.05) is 36.4 Å². The lowest BCUT2D eigenvalue weighted by Gasteiger charge is -2.53. The molecule has 1 unspecified atom stereocenters. The number of hydrogen-bond acceptors (Lipinski definition) is 9. The number of pyridine rings is 1. The van der Waals surface area contributed by atoms with E-state index in [0.29, 0.717) is 55.9 Å². The first kappa shape index (κ1) is 30.2. The third-order valence-corrected chi connectivity index (χ3v) is 8.70.